The van der Waals surface area contributed by atoms with E-state index in [0.717, 1.165) is 37.1 Å². The average molecular weight is 270 g/mol. The first kappa shape index (κ1) is 13.4. The van der Waals surface area contributed by atoms with Crippen LogP contribution in [0.25, 0.3) is 5.57 Å². The van der Waals surface area contributed by atoms with E-state index in [4.69, 9.17) is 0 Å². The van der Waals surface area contributed by atoms with Crippen molar-refractivity contribution >= 4 is 11.5 Å². The molecule has 1 aliphatic heterocycles. The first-order chi connectivity index (χ1) is 9.53. The van der Waals surface area contributed by atoms with Gasteiger partial charge in [-0.25, -0.2) is 0 Å². The lowest BCUT2D eigenvalue weighted by atomic mass is 9.75. The van der Waals surface area contributed by atoms with E-state index in [0.29, 0.717) is 0 Å². The van der Waals surface area contributed by atoms with E-state index in [1.807, 2.05) is 20.2 Å². The van der Waals surface area contributed by atoms with Crippen LogP contribution in [0.4, 0.5) is 0 Å². The van der Waals surface area contributed by atoms with Crippen molar-refractivity contribution in [3.63, 3.8) is 0 Å². The molecule has 3 nitrogen and oxygen atoms in total. The van der Waals surface area contributed by atoms with Crippen LogP contribution in [0, 0.1) is 0 Å². The van der Waals surface area contributed by atoms with Gasteiger partial charge in [-0.15, -0.1) is 0 Å². The summed E-state index contributed by atoms with van der Waals surface area (Å²) in [6, 6.07) is 8.42. The van der Waals surface area contributed by atoms with Gasteiger partial charge in [0.25, 0.3) is 5.91 Å². The summed E-state index contributed by atoms with van der Waals surface area (Å²) in [5, 5.41) is 0. The number of piperidine rings is 1. The van der Waals surface area contributed by atoms with E-state index >= 15 is 0 Å². The monoisotopic (exact) mass is 270 g/mol. The van der Waals surface area contributed by atoms with Gasteiger partial charge in [0.05, 0.1) is 0 Å². The first-order valence-electron chi connectivity index (χ1n) is 7.26. The molecule has 1 amide bonds. The van der Waals surface area contributed by atoms with Crippen LogP contribution in [0.3, 0.4) is 0 Å². The van der Waals surface area contributed by atoms with Gasteiger partial charge >= 0.3 is 0 Å². The molecule has 106 valence electrons. The van der Waals surface area contributed by atoms with E-state index in [1.54, 1.807) is 4.90 Å². The van der Waals surface area contributed by atoms with Gasteiger partial charge in [0, 0.05) is 25.1 Å². The topological polar surface area (TPSA) is 23.6 Å². The molecule has 20 heavy (non-hydrogen) atoms. The standard InChI is InChI=1S/C17H22N2O/c1-18(2)16(20)14-12-17(8-10-19(3)11-9-17)15-7-5-4-6-13(14)15/h4-7,12H,8-11H2,1-3H3. The Morgan fingerprint density at radius 3 is 2.50 bits per heavy atom. The van der Waals surface area contributed by atoms with Crippen molar-refractivity contribution in [1.29, 1.82) is 0 Å². The predicted molar refractivity (Wildman–Crippen MR) is 81.5 cm³/mol. The molecule has 0 unspecified atom stereocenters. The molecule has 3 rings (SSSR count). The number of carbonyl (C=O) groups is 1. The summed E-state index contributed by atoms with van der Waals surface area (Å²) in [7, 11) is 5.82. The highest BCUT2D eigenvalue weighted by Gasteiger charge is 2.41. The molecule has 0 bridgehead atoms. The van der Waals surface area contributed by atoms with Crippen LogP contribution >= 0.6 is 0 Å². The van der Waals surface area contributed by atoms with Crippen molar-refractivity contribution in [1.82, 2.24) is 9.80 Å². The van der Waals surface area contributed by atoms with Gasteiger partial charge in [-0.1, -0.05) is 30.3 Å². The lowest BCUT2D eigenvalue weighted by Gasteiger charge is -2.37. The van der Waals surface area contributed by atoms with Gasteiger partial charge < -0.3 is 9.80 Å². The molecule has 3 heteroatoms. The van der Waals surface area contributed by atoms with Gasteiger partial charge in [-0.3, -0.25) is 4.79 Å². The zero-order valence-electron chi connectivity index (χ0n) is 12.5. The van der Waals surface area contributed by atoms with Crippen LogP contribution in [0.15, 0.2) is 30.3 Å². The molecule has 1 aliphatic carbocycles. The molecule has 1 heterocycles. The minimum Gasteiger partial charge on any atom is -0.345 e. The van der Waals surface area contributed by atoms with Crippen LogP contribution in [0.5, 0.6) is 0 Å². The highest BCUT2D eigenvalue weighted by Crippen LogP contribution is 2.47. The zero-order valence-corrected chi connectivity index (χ0v) is 12.5. The van der Waals surface area contributed by atoms with E-state index in [2.05, 4.69) is 36.2 Å². The van der Waals surface area contributed by atoms with Gasteiger partial charge in [0.15, 0.2) is 0 Å². The van der Waals surface area contributed by atoms with Crippen LogP contribution in [0.1, 0.15) is 24.0 Å². The number of carbonyl (C=O) groups excluding carboxylic acids is 1. The Bertz CT molecular complexity index is 566. The van der Waals surface area contributed by atoms with Gasteiger partial charge in [0.1, 0.15) is 0 Å². The lowest BCUT2D eigenvalue weighted by Crippen LogP contribution is -2.38. The quantitative estimate of drug-likeness (QED) is 0.780. The molecule has 0 atom stereocenters. The zero-order chi connectivity index (χ0) is 14.3. The fourth-order valence-corrected chi connectivity index (χ4v) is 3.43. The fraction of sp³-hybridized carbons (Fsp3) is 0.471. The molecule has 1 saturated heterocycles. The Morgan fingerprint density at radius 1 is 1.20 bits per heavy atom. The molecule has 1 spiro atoms. The minimum absolute atomic E-state index is 0.0735. The summed E-state index contributed by atoms with van der Waals surface area (Å²) in [6.07, 6.45) is 4.45. The number of allylic oxidation sites excluding steroid dienone is 1. The molecule has 1 aromatic carbocycles. The summed E-state index contributed by atoms with van der Waals surface area (Å²) >= 11 is 0. The van der Waals surface area contributed by atoms with Crippen LogP contribution in [-0.2, 0) is 10.2 Å². The number of hydrogen-bond donors (Lipinski definition) is 0. The highest BCUT2D eigenvalue weighted by atomic mass is 16.2. The van der Waals surface area contributed by atoms with Crippen molar-refractivity contribution in [2.24, 2.45) is 0 Å². The second-order valence-corrected chi connectivity index (χ2v) is 6.26. The predicted octanol–water partition coefficient (Wildman–Crippen LogP) is 2.14. The Hall–Kier alpha value is -1.61. The van der Waals surface area contributed by atoms with E-state index in [9.17, 15) is 4.79 Å². The van der Waals surface area contributed by atoms with Crippen molar-refractivity contribution < 1.29 is 4.79 Å². The molecule has 0 N–H and O–H groups in total. The normalized spacial score (nSPS) is 20.6. The summed E-state index contributed by atoms with van der Waals surface area (Å²) in [6.45, 7) is 2.18. The van der Waals surface area contributed by atoms with Gasteiger partial charge in [-0.05, 0) is 44.1 Å². The number of rotatable bonds is 1. The third-order valence-electron chi connectivity index (χ3n) is 4.69. The fourth-order valence-electron chi connectivity index (χ4n) is 3.43. The van der Waals surface area contributed by atoms with E-state index in [-0.39, 0.29) is 11.3 Å². The van der Waals surface area contributed by atoms with Gasteiger partial charge in [0.2, 0.25) is 0 Å². The van der Waals surface area contributed by atoms with E-state index < -0.39 is 0 Å². The number of hydrogen-bond acceptors (Lipinski definition) is 2. The van der Waals surface area contributed by atoms with E-state index in [1.165, 1.54) is 5.56 Å². The molecule has 0 radical (unpaired) electrons. The Labute approximate surface area is 120 Å². The number of benzene rings is 1. The summed E-state index contributed by atoms with van der Waals surface area (Å²) in [4.78, 5) is 16.5. The van der Waals surface area contributed by atoms with Crippen LogP contribution in [-0.4, -0.2) is 49.9 Å². The number of amides is 1. The molecule has 0 aromatic heterocycles. The third-order valence-corrected chi connectivity index (χ3v) is 4.69. The second-order valence-electron chi connectivity index (χ2n) is 6.26. The van der Waals surface area contributed by atoms with Crippen molar-refractivity contribution in [3.05, 3.63) is 41.5 Å². The maximum Gasteiger partial charge on any atom is 0.253 e. The van der Waals surface area contributed by atoms with Crippen LogP contribution in [0.2, 0.25) is 0 Å². The van der Waals surface area contributed by atoms with Crippen molar-refractivity contribution in [2.75, 3.05) is 34.2 Å². The maximum atomic E-state index is 12.4. The molecular weight excluding hydrogens is 248 g/mol. The maximum absolute atomic E-state index is 12.4. The molecular formula is C17H22N2O. The largest absolute Gasteiger partial charge is 0.345 e. The molecule has 1 fully saturated rings. The Balaban J connectivity index is 2.07. The summed E-state index contributed by atoms with van der Waals surface area (Å²) < 4.78 is 0. The molecule has 1 aromatic rings. The Morgan fingerprint density at radius 2 is 1.85 bits per heavy atom. The second kappa shape index (κ2) is 4.74. The van der Waals surface area contributed by atoms with Crippen molar-refractivity contribution in [3.8, 4) is 0 Å². The third kappa shape index (κ3) is 1.97. The van der Waals surface area contributed by atoms with Crippen molar-refractivity contribution in [2.45, 2.75) is 18.3 Å². The number of likely N-dealkylation sites (N-methyl/N-ethyl adjacent to an activating group) is 1. The SMILES string of the molecule is CN1CCC2(C=C(C(=O)N(C)C)c3ccccc32)CC1. The van der Waals surface area contributed by atoms with Crippen LogP contribution < -0.4 is 0 Å². The molecule has 0 saturated carbocycles. The smallest absolute Gasteiger partial charge is 0.253 e. The average Bonchev–Trinajstić information content (AvgIpc) is 2.77. The Kier molecular flexibility index (Phi) is 3.17. The molecule has 2 aliphatic rings. The summed E-state index contributed by atoms with van der Waals surface area (Å²) in [5.41, 5.74) is 3.44. The number of likely N-dealkylation sites (tertiary alicyclic amines) is 1. The first-order valence-corrected chi connectivity index (χ1v) is 7.26. The number of nitrogens with zero attached hydrogens (tertiary/aromatic N) is 2. The highest BCUT2D eigenvalue weighted by molar-refractivity contribution is 6.21. The lowest BCUT2D eigenvalue weighted by molar-refractivity contribution is -0.122. The minimum atomic E-state index is 0.0735. The van der Waals surface area contributed by atoms with Gasteiger partial charge in [-0.2, -0.15) is 0 Å². The summed E-state index contributed by atoms with van der Waals surface area (Å²) in [5.74, 6) is 0.119. The number of fused-ring (bicyclic) bond motifs is 2.